The summed E-state index contributed by atoms with van der Waals surface area (Å²) in [6.07, 6.45) is -5.08. The lowest BCUT2D eigenvalue weighted by Gasteiger charge is -2.26. The molecule has 2 aromatic carbocycles. The Kier molecular flexibility index (Phi) is 5.71. The van der Waals surface area contributed by atoms with E-state index >= 15 is 0 Å². The van der Waals surface area contributed by atoms with Crippen LogP contribution in [-0.4, -0.2) is 44.9 Å². The number of rotatable bonds is 4. The van der Waals surface area contributed by atoms with Crippen LogP contribution in [0, 0.1) is 0 Å². The van der Waals surface area contributed by atoms with Crippen molar-refractivity contribution >= 4 is 44.7 Å². The highest BCUT2D eigenvalue weighted by Crippen LogP contribution is 2.41. The van der Waals surface area contributed by atoms with Crippen LogP contribution in [0.25, 0.3) is 0 Å². The van der Waals surface area contributed by atoms with Crippen LogP contribution in [0.5, 0.6) is 5.75 Å². The Balaban J connectivity index is 2.14. The molecule has 0 amide bonds. The average molecular weight is 484 g/mol. The van der Waals surface area contributed by atoms with E-state index in [-0.39, 0.29) is 37.8 Å². The van der Waals surface area contributed by atoms with Gasteiger partial charge in [-0.15, -0.1) is 0 Å². The van der Waals surface area contributed by atoms with Gasteiger partial charge in [0.2, 0.25) is 10.0 Å². The van der Waals surface area contributed by atoms with Crippen LogP contribution in [0.2, 0.25) is 10.0 Å². The Morgan fingerprint density at radius 2 is 1.73 bits per heavy atom. The van der Waals surface area contributed by atoms with E-state index in [1.165, 1.54) is 31.4 Å². The first kappa shape index (κ1) is 22.6. The van der Waals surface area contributed by atoms with Gasteiger partial charge >= 0.3 is 6.18 Å². The molecule has 0 saturated heterocycles. The van der Waals surface area contributed by atoms with Crippen LogP contribution in [0.4, 0.5) is 18.9 Å². The fourth-order valence-electron chi connectivity index (χ4n) is 2.85. The van der Waals surface area contributed by atoms with E-state index in [2.05, 4.69) is 4.99 Å². The first-order valence-corrected chi connectivity index (χ1v) is 10.4. The molecular formula is C17H14Cl2F3N3O4S. The molecule has 2 aromatic rings. The molecule has 1 aliphatic heterocycles. The Labute approximate surface area is 179 Å². The fourth-order valence-corrected chi connectivity index (χ4v) is 4.01. The van der Waals surface area contributed by atoms with Gasteiger partial charge in [0.15, 0.2) is 5.75 Å². The van der Waals surface area contributed by atoms with Gasteiger partial charge in [0.25, 0.3) is 5.72 Å². The second kappa shape index (κ2) is 7.57. The number of aliphatic imine (C=N–C) groups is 1. The Bertz CT molecular complexity index is 1100. The predicted octanol–water partition coefficient (Wildman–Crippen LogP) is 3.17. The molecule has 1 atom stereocenters. The number of ether oxygens (including phenoxy) is 1. The lowest BCUT2D eigenvalue weighted by atomic mass is 10.1. The minimum absolute atomic E-state index is 0.0228. The number of nitrogens with two attached hydrogens (primary N) is 1. The summed E-state index contributed by atoms with van der Waals surface area (Å²) < 4.78 is 68.3. The van der Waals surface area contributed by atoms with Crippen LogP contribution >= 0.6 is 23.2 Å². The largest absolute Gasteiger partial charge is 0.494 e. The zero-order valence-corrected chi connectivity index (χ0v) is 17.4. The van der Waals surface area contributed by atoms with E-state index < -0.39 is 28.5 Å². The van der Waals surface area contributed by atoms with Crippen LogP contribution in [0.15, 0.2) is 46.3 Å². The SMILES string of the molecule is COc1c(Cl)cc(C2=NC(O)(C(F)(F)F)CN2c2ccc(S(N)(=O)=O)cc2)cc1Cl. The van der Waals surface area contributed by atoms with Crippen LogP contribution in [0.1, 0.15) is 5.56 Å². The van der Waals surface area contributed by atoms with E-state index in [0.29, 0.717) is 0 Å². The number of hydrogen-bond donors (Lipinski definition) is 2. The molecule has 13 heteroatoms. The molecule has 3 N–H and O–H groups in total. The van der Waals surface area contributed by atoms with E-state index in [1.54, 1.807) is 0 Å². The molecule has 1 unspecified atom stereocenters. The van der Waals surface area contributed by atoms with E-state index in [4.69, 9.17) is 33.1 Å². The predicted molar refractivity (Wildman–Crippen MR) is 106 cm³/mol. The zero-order valence-electron chi connectivity index (χ0n) is 15.1. The van der Waals surface area contributed by atoms with Gasteiger partial charge in [0.1, 0.15) is 5.84 Å². The third-order valence-electron chi connectivity index (χ3n) is 4.32. The summed E-state index contributed by atoms with van der Waals surface area (Å²) in [6.45, 7) is -0.970. The molecule has 0 radical (unpaired) electrons. The molecule has 0 bridgehead atoms. The van der Waals surface area contributed by atoms with Crippen LogP contribution in [0.3, 0.4) is 0 Å². The molecule has 0 aliphatic carbocycles. The fraction of sp³-hybridized carbons (Fsp3) is 0.235. The second-order valence-electron chi connectivity index (χ2n) is 6.35. The van der Waals surface area contributed by atoms with Gasteiger partial charge in [-0.3, -0.25) is 0 Å². The number of β-amino-alcohol motifs (C(OH)–C–C–N with tert-alkyl or cyclic N) is 1. The maximum Gasteiger partial charge on any atom is 0.440 e. The van der Waals surface area contributed by atoms with Crippen molar-refractivity contribution in [3.8, 4) is 5.75 Å². The minimum atomic E-state index is -5.08. The van der Waals surface area contributed by atoms with Crippen molar-refractivity contribution < 1.29 is 31.4 Å². The molecule has 30 heavy (non-hydrogen) atoms. The van der Waals surface area contributed by atoms with E-state index in [0.717, 1.165) is 17.0 Å². The number of methoxy groups -OCH3 is 1. The summed E-state index contributed by atoms with van der Waals surface area (Å²) in [7, 11) is -2.68. The summed E-state index contributed by atoms with van der Waals surface area (Å²) in [5.41, 5.74) is -3.19. The van der Waals surface area contributed by atoms with Crippen LogP contribution < -0.4 is 14.8 Å². The number of hydrogen-bond acceptors (Lipinski definition) is 6. The van der Waals surface area contributed by atoms with Crippen molar-refractivity contribution in [1.82, 2.24) is 0 Å². The summed E-state index contributed by atoms with van der Waals surface area (Å²) in [5, 5.41) is 15.2. The Morgan fingerprint density at radius 3 is 2.17 bits per heavy atom. The first-order valence-electron chi connectivity index (χ1n) is 8.09. The van der Waals surface area contributed by atoms with Gasteiger partial charge in [-0.25, -0.2) is 18.5 Å². The maximum atomic E-state index is 13.5. The van der Waals surface area contributed by atoms with Gasteiger partial charge in [-0.2, -0.15) is 13.2 Å². The standard InChI is InChI=1S/C17H14Cl2F3N3O4S/c1-29-14-12(18)6-9(7-13(14)19)15-24-16(26,17(20,21)22)8-25(15)10-2-4-11(5-3-10)30(23,27)28/h2-7,26H,8H2,1H3,(H2,23,27,28). The van der Waals surface area contributed by atoms with Crippen molar-refractivity contribution in [2.75, 3.05) is 18.6 Å². The van der Waals surface area contributed by atoms with Gasteiger partial charge in [0, 0.05) is 11.3 Å². The zero-order chi connectivity index (χ0) is 22.5. The smallest absolute Gasteiger partial charge is 0.440 e. The molecule has 0 fully saturated rings. The highest BCUT2D eigenvalue weighted by Gasteiger charge is 2.59. The molecule has 1 aliphatic rings. The number of benzene rings is 2. The summed E-state index contributed by atoms with van der Waals surface area (Å²) in [6, 6.07) is 7.31. The quantitative estimate of drug-likeness (QED) is 0.694. The lowest BCUT2D eigenvalue weighted by Crippen LogP contribution is -2.47. The second-order valence-corrected chi connectivity index (χ2v) is 8.72. The van der Waals surface area contributed by atoms with Crippen molar-refractivity contribution in [2.45, 2.75) is 16.8 Å². The van der Waals surface area contributed by atoms with Crippen molar-refractivity contribution in [3.63, 3.8) is 0 Å². The van der Waals surface area contributed by atoms with Gasteiger partial charge in [0.05, 0.1) is 28.6 Å². The van der Waals surface area contributed by atoms with Crippen molar-refractivity contribution in [2.24, 2.45) is 10.1 Å². The number of amidine groups is 1. The maximum absolute atomic E-state index is 13.5. The van der Waals surface area contributed by atoms with Crippen molar-refractivity contribution in [3.05, 3.63) is 52.0 Å². The van der Waals surface area contributed by atoms with Gasteiger partial charge in [-0.1, -0.05) is 23.2 Å². The van der Waals surface area contributed by atoms with Gasteiger partial charge in [-0.05, 0) is 36.4 Å². The topological polar surface area (TPSA) is 105 Å². The molecule has 7 nitrogen and oxygen atoms in total. The average Bonchev–Trinajstić information content (AvgIpc) is 3.00. The highest BCUT2D eigenvalue weighted by atomic mass is 35.5. The molecule has 0 spiro atoms. The summed E-state index contributed by atoms with van der Waals surface area (Å²) >= 11 is 12.2. The summed E-state index contributed by atoms with van der Waals surface area (Å²) in [5.74, 6) is -0.152. The van der Waals surface area contributed by atoms with E-state index in [9.17, 15) is 26.7 Å². The molecule has 3 rings (SSSR count). The number of alkyl halides is 3. The number of aliphatic hydroxyl groups is 1. The minimum Gasteiger partial charge on any atom is -0.494 e. The normalized spacial score (nSPS) is 19.7. The molecule has 162 valence electrons. The first-order chi connectivity index (χ1) is 13.8. The number of anilines is 1. The number of sulfonamides is 1. The number of halogens is 5. The molecular weight excluding hydrogens is 470 g/mol. The Morgan fingerprint density at radius 1 is 1.20 bits per heavy atom. The molecule has 1 heterocycles. The monoisotopic (exact) mass is 483 g/mol. The third-order valence-corrected chi connectivity index (χ3v) is 5.81. The highest BCUT2D eigenvalue weighted by molar-refractivity contribution is 7.89. The number of nitrogens with zero attached hydrogens (tertiary/aromatic N) is 2. The Hall–Kier alpha value is -2.05. The van der Waals surface area contributed by atoms with E-state index in [1.807, 2.05) is 0 Å². The lowest BCUT2D eigenvalue weighted by molar-refractivity contribution is -0.249. The van der Waals surface area contributed by atoms with Gasteiger partial charge < -0.3 is 14.7 Å². The third kappa shape index (κ3) is 4.08. The summed E-state index contributed by atoms with van der Waals surface area (Å²) in [4.78, 5) is 4.33. The van der Waals surface area contributed by atoms with Crippen molar-refractivity contribution in [1.29, 1.82) is 0 Å². The van der Waals surface area contributed by atoms with Crippen LogP contribution in [-0.2, 0) is 10.0 Å². The molecule has 0 aromatic heterocycles. The number of primary sulfonamides is 1. The molecule has 0 saturated carbocycles.